The number of hydrogen-bond acceptors (Lipinski definition) is 6. The van der Waals surface area contributed by atoms with Gasteiger partial charge in [0.2, 0.25) is 0 Å². The van der Waals surface area contributed by atoms with E-state index in [0.29, 0.717) is 0 Å². The van der Waals surface area contributed by atoms with Gasteiger partial charge in [0.1, 0.15) is 16.6 Å². The van der Waals surface area contributed by atoms with E-state index in [1.165, 1.54) is 6.26 Å². The third-order valence-electron chi connectivity index (χ3n) is 5.07. The molecule has 0 aliphatic heterocycles. The lowest BCUT2D eigenvalue weighted by atomic mass is 9.98. The average Bonchev–Trinajstić information content (AvgIpc) is 3.48. The number of aryl methyl sites for hydroxylation is 2. The van der Waals surface area contributed by atoms with Crippen molar-refractivity contribution in [2.75, 3.05) is 17.7 Å². The molecule has 1 atom stereocenters. The molecule has 164 valence electrons. The first kappa shape index (κ1) is 21.6. The fraction of sp³-hybridized carbons (Fsp3) is 0.200. The second kappa shape index (κ2) is 9.70. The van der Waals surface area contributed by atoms with Crippen molar-refractivity contribution in [3.63, 3.8) is 0 Å². The van der Waals surface area contributed by atoms with Crippen LogP contribution in [0.5, 0.6) is 5.75 Å². The van der Waals surface area contributed by atoms with Gasteiger partial charge < -0.3 is 19.8 Å². The first-order chi connectivity index (χ1) is 15.6. The molecule has 0 fully saturated rings. The molecule has 32 heavy (non-hydrogen) atoms. The number of anilines is 2. The van der Waals surface area contributed by atoms with Crippen molar-refractivity contribution in [2.45, 2.75) is 26.3 Å². The number of ether oxygens (including phenoxy) is 1. The van der Waals surface area contributed by atoms with E-state index in [-0.39, 0.29) is 17.7 Å². The van der Waals surface area contributed by atoms with Crippen LogP contribution in [0.15, 0.2) is 71.3 Å². The zero-order chi connectivity index (χ0) is 22.5. The average molecular weight is 448 g/mol. The molecule has 0 aliphatic rings. The summed E-state index contributed by atoms with van der Waals surface area (Å²) in [5.41, 5.74) is 2.81. The Hall–Kier alpha value is -3.58. The number of rotatable bonds is 8. The van der Waals surface area contributed by atoms with Gasteiger partial charge in [-0.3, -0.25) is 4.79 Å². The molecule has 6 nitrogen and oxygen atoms in total. The number of carbonyl (C=O) groups is 1. The van der Waals surface area contributed by atoms with Crippen molar-refractivity contribution in [1.82, 2.24) is 4.98 Å². The quantitative estimate of drug-likeness (QED) is 0.343. The van der Waals surface area contributed by atoms with Crippen LogP contribution in [0, 0.1) is 6.92 Å². The monoisotopic (exact) mass is 447 g/mol. The Bertz CT molecular complexity index is 1200. The van der Waals surface area contributed by atoms with E-state index in [1.807, 2.05) is 49.4 Å². The predicted octanol–water partition coefficient (Wildman–Crippen LogP) is 6.07. The third kappa shape index (κ3) is 4.68. The van der Waals surface area contributed by atoms with E-state index in [0.717, 1.165) is 44.7 Å². The second-order valence-electron chi connectivity index (χ2n) is 7.27. The molecule has 0 saturated carbocycles. The molecule has 3 heterocycles. The molecule has 7 heteroatoms. The van der Waals surface area contributed by atoms with Gasteiger partial charge in [-0.2, -0.15) is 0 Å². The van der Waals surface area contributed by atoms with Crippen molar-refractivity contribution in [3.8, 4) is 5.75 Å². The Morgan fingerprint density at radius 2 is 1.97 bits per heavy atom. The Morgan fingerprint density at radius 3 is 2.69 bits per heavy atom. The number of thiophene rings is 1. The number of amides is 1. The van der Waals surface area contributed by atoms with E-state index < -0.39 is 0 Å². The highest BCUT2D eigenvalue weighted by Gasteiger charge is 2.25. The maximum absolute atomic E-state index is 12.8. The van der Waals surface area contributed by atoms with Gasteiger partial charge in [-0.25, -0.2) is 4.98 Å². The van der Waals surface area contributed by atoms with Crippen molar-refractivity contribution in [3.05, 3.63) is 94.4 Å². The first-order valence-electron chi connectivity index (χ1n) is 10.4. The van der Waals surface area contributed by atoms with Crippen LogP contribution in [0.2, 0.25) is 0 Å². The molecule has 4 rings (SSSR count). The van der Waals surface area contributed by atoms with Gasteiger partial charge in [0.25, 0.3) is 5.91 Å². The smallest absolute Gasteiger partial charge is 0.291 e. The van der Waals surface area contributed by atoms with Gasteiger partial charge in [0.15, 0.2) is 5.76 Å². The molecule has 0 bridgehead atoms. The van der Waals surface area contributed by atoms with E-state index in [4.69, 9.17) is 9.15 Å². The van der Waals surface area contributed by atoms with Crippen LogP contribution >= 0.6 is 11.3 Å². The number of benzene rings is 1. The van der Waals surface area contributed by atoms with Crippen molar-refractivity contribution in [1.29, 1.82) is 0 Å². The molecule has 1 amide bonds. The van der Waals surface area contributed by atoms with Crippen LogP contribution in [0.1, 0.15) is 45.2 Å². The summed E-state index contributed by atoms with van der Waals surface area (Å²) in [4.78, 5) is 18.5. The number of hydrogen-bond donors (Lipinski definition) is 2. The van der Waals surface area contributed by atoms with Crippen molar-refractivity contribution >= 4 is 28.1 Å². The van der Waals surface area contributed by atoms with E-state index >= 15 is 0 Å². The lowest BCUT2D eigenvalue weighted by molar-refractivity contribution is 0.0997. The summed E-state index contributed by atoms with van der Waals surface area (Å²) >= 11 is 1.56. The molecule has 2 N–H and O–H groups in total. The number of nitrogens with zero attached hydrogens (tertiary/aromatic N) is 1. The minimum absolute atomic E-state index is 0.268. The zero-order valence-electron chi connectivity index (χ0n) is 18.2. The Kier molecular flexibility index (Phi) is 6.56. The minimum Gasteiger partial charge on any atom is -0.496 e. The Morgan fingerprint density at radius 1 is 1.12 bits per heavy atom. The molecule has 1 aromatic carbocycles. The van der Waals surface area contributed by atoms with E-state index in [9.17, 15) is 4.79 Å². The van der Waals surface area contributed by atoms with Crippen LogP contribution in [-0.4, -0.2) is 18.0 Å². The first-order valence-corrected chi connectivity index (χ1v) is 11.2. The summed E-state index contributed by atoms with van der Waals surface area (Å²) < 4.78 is 10.9. The van der Waals surface area contributed by atoms with Crippen LogP contribution in [0.4, 0.5) is 10.8 Å². The fourth-order valence-electron chi connectivity index (χ4n) is 3.52. The Labute approximate surface area is 191 Å². The summed E-state index contributed by atoms with van der Waals surface area (Å²) in [7, 11) is 1.66. The van der Waals surface area contributed by atoms with Crippen LogP contribution in [-0.2, 0) is 6.42 Å². The maximum atomic E-state index is 12.8. The largest absolute Gasteiger partial charge is 0.496 e. The normalized spacial score (nSPS) is 11.7. The lowest BCUT2D eigenvalue weighted by Crippen LogP contribution is -2.17. The molecule has 0 aliphatic carbocycles. The number of pyridine rings is 1. The summed E-state index contributed by atoms with van der Waals surface area (Å²) in [6.45, 7) is 4.06. The third-order valence-corrected chi connectivity index (χ3v) is 6.28. The van der Waals surface area contributed by atoms with Crippen LogP contribution in [0.25, 0.3) is 0 Å². The molecule has 3 aromatic heterocycles. The highest BCUT2D eigenvalue weighted by molar-refractivity contribution is 7.16. The van der Waals surface area contributed by atoms with Crippen LogP contribution < -0.4 is 15.4 Å². The number of methoxy groups -OCH3 is 1. The highest BCUT2D eigenvalue weighted by atomic mass is 32.1. The highest BCUT2D eigenvalue weighted by Crippen LogP contribution is 2.40. The lowest BCUT2D eigenvalue weighted by Gasteiger charge is -2.23. The molecule has 4 aromatic rings. The van der Waals surface area contributed by atoms with Gasteiger partial charge in [0, 0.05) is 21.7 Å². The van der Waals surface area contributed by atoms with Gasteiger partial charge in [-0.1, -0.05) is 31.2 Å². The molecular formula is C25H25N3O3S. The molecular weight excluding hydrogens is 422 g/mol. The number of aromatic nitrogens is 1. The molecule has 0 saturated heterocycles. The summed E-state index contributed by atoms with van der Waals surface area (Å²) in [5.74, 6) is 1.48. The SMILES string of the molecule is CCc1cc([C@H](Nc2cccc(C)n2)c2ccccc2OC)c(NC(=O)c2ccco2)s1. The van der Waals surface area contributed by atoms with Gasteiger partial charge in [-0.05, 0) is 49.7 Å². The number of nitrogens with one attached hydrogen (secondary N) is 2. The minimum atomic E-state index is -0.288. The van der Waals surface area contributed by atoms with Gasteiger partial charge in [-0.15, -0.1) is 11.3 Å². The van der Waals surface area contributed by atoms with Gasteiger partial charge in [0.05, 0.1) is 19.4 Å². The summed E-state index contributed by atoms with van der Waals surface area (Å²) in [6, 6.07) is 18.9. The van der Waals surface area contributed by atoms with Crippen molar-refractivity contribution < 1.29 is 13.9 Å². The molecule has 0 radical (unpaired) electrons. The van der Waals surface area contributed by atoms with Crippen LogP contribution in [0.3, 0.4) is 0 Å². The van der Waals surface area contributed by atoms with Gasteiger partial charge >= 0.3 is 0 Å². The van der Waals surface area contributed by atoms with E-state index in [2.05, 4.69) is 28.6 Å². The maximum Gasteiger partial charge on any atom is 0.291 e. The number of furan rings is 1. The number of carbonyl (C=O) groups excluding carboxylic acids is 1. The molecule has 0 spiro atoms. The summed E-state index contributed by atoms with van der Waals surface area (Å²) in [5, 5.41) is 7.35. The Balaban J connectivity index is 1.79. The zero-order valence-corrected chi connectivity index (χ0v) is 19.0. The number of para-hydroxylation sites is 1. The second-order valence-corrected chi connectivity index (χ2v) is 8.40. The van der Waals surface area contributed by atoms with E-state index in [1.54, 1.807) is 30.6 Å². The topological polar surface area (TPSA) is 76.4 Å². The molecule has 0 unspecified atom stereocenters. The van der Waals surface area contributed by atoms with Crippen molar-refractivity contribution in [2.24, 2.45) is 0 Å². The predicted molar refractivity (Wildman–Crippen MR) is 128 cm³/mol. The fourth-order valence-corrected chi connectivity index (χ4v) is 4.55. The summed E-state index contributed by atoms with van der Waals surface area (Å²) in [6.07, 6.45) is 2.35. The standard InChI is InChI=1S/C25H25N3O3S/c1-4-17-15-19(25(32-17)28-24(29)21-12-8-14-31-21)23(18-10-5-6-11-20(18)30-3)27-22-13-7-9-16(2)26-22/h5-15,23H,4H2,1-3H3,(H,26,27)(H,28,29)/t23-/m1/s1.